The zero-order valence-corrected chi connectivity index (χ0v) is 22.5. The molecular weight excluding hydrogens is 486 g/mol. The molecule has 0 unspecified atom stereocenters. The Morgan fingerprint density at radius 1 is 0.949 bits per heavy atom. The molecule has 0 bridgehead atoms. The molecule has 7 heteroatoms. The molecule has 2 aromatic carbocycles. The summed E-state index contributed by atoms with van der Waals surface area (Å²) in [4.78, 5) is 20.3. The van der Waals surface area contributed by atoms with E-state index < -0.39 is 0 Å². The molecule has 1 aliphatic heterocycles. The molecule has 0 radical (unpaired) electrons. The van der Waals surface area contributed by atoms with Crippen molar-refractivity contribution in [2.75, 3.05) is 39.5 Å². The van der Waals surface area contributed by atoms with Gasteiger partial charge in [-0.2, -0.15) is 0 Å². The fourth-order valence-electron chi connectivity index (χ4n) is 5.02. The molecule has 0 spiro atoms. The zero-order chi connectivity index (χ0) is 26.6. The van der Waals surface area contributed by atoms with E-state index in [1.165, 1.54) is 0 Å². The van der Waals surface area contributed by atoms with E-state index in [1.807, 2.05) is 43.5 Å². The molecule has 1 N–H and O–H groups in total. The highest BCUT2D eigenvalue weighted by atomic mass is 16.5. The number of hydrogen-bond donors (Lipinski definition) is 1. The highest BCUT2D eigenvalue weighted by Crippen LogP contribution is 2.32. The first-order valence-corrected chi connectivity index (χ1v) is 13.5. The Balaban J connectivity index is 1.28. The van der Waals surface area contributed by atoms with Crippen molar-refractivity contribution >= 4 is 10.9 Å². The van der Waals surface area contributed by atoms with Crippen LogP contribution in [0.2, 0.25) is 0 Å². The van der Waals surface area contributed by atoms with Crippen LogP contribution < -0.4 is 4.74 Å². The SMILES string of the molecule is Cc1cccc(-c2[nH]c(Cc3ccc(C)c(OCCN4CCOCC4)c3)nc2-c2ccc3ncccc3c2)n1. The Hall–Kier alpha value is -4.07. The molecule has 1 fully saturated rings. The van der Waals surface area contributed by atoms with Crippen molar-refractivity contribution in [1.82, 2.24) is 24.8 Å². The second kappa shape index (κ2) is 11.4. The summed E-state index contributed by atoms with van der Waals surface area (Å²) in [5.74, 6) is 1.81. The van der Waals surface area contributed by atoms with Gasteiger partial charge in [0.25, 0.3) is 0 Å². The van der Waals surface area contributed by atoms with E-state index in [1.54, 1.807) is 0 Å². The number of benzene rings is 2. The van der Waals surface area contributed by atoms with Crippen LogP contribution in [0.1, 0.15) is 22.6 Å². The van der Waals surface area contributed by atoms with Crippen molar-refractivity contribution in [3.8, 4) is 28.4 Å². The first-order chi connectivity index (χ1) is 19.1. The number of hydrogen-bond acceptors (Lipinski definition) is 6. The summed E-state index contributed by atoms with van der Waals surface area (Å²) in [6.07, 6.45) is 2.48. The van der Waals surface area contributed by atoms with E-state index in [-0.39, 0.29) is 0 Å². The number of H-pyrrole nitrogens is 1. The molecule has 39 heavy (non-hydrogen) atoms. The van der Waals surface area contributed by atoms with Gasteiger partial charge in [-0.1, -0.05) is 30.3 Å². The number of morpholine rings is 1. The van der Waals surface area contributed by atoms with Gasteiger partial charge in [0.05, 0.1) is 35.8 Å². The summed E-state index contributed by atoms with van der Waals surface area (Å²) >= 11 is 0. The van der Waals surface area contributed by atoms with E-state index in [2.05, 4.69) is 58.2 Å². The largest absolute Gasteiger partial charge is 0.492 e. The zero-order valence-electron chi connectivity index (χ0n) is 22.5. The lowest BCUT2D eigenvalue weighted by molar-refractivity contribution is 0.0322. The molecule has 0 atom stereocenters. The summed E-state index contributed by atoms with van der Waals surface area (Å²) in [7, 11) is 0. The number of aromatic nitrogens is 4. The number of imidazole rings is 1. The number of nitrogens with one attached hydrogen (secondary N) is 1. The third-order valence-corrected chi connectivity index (χ3v) is 7.17. The van der Waals surface area contributed by atoms with Gasteiger partial charge in [-0.05, 0) is 61.4 Å². The fourth-order valence-corrected chi connectivity index (χ4v) is 5.02. The lowest BCUT2D eigenvalue weighted by atomic mass is 10.1. The van der Waals surface area contributed by atoms with Gasteiger partial charge in [-0.15, -0.1) is 0 Å². The van der Waals surface area contributed by atoms with Gasteiger partial charge in [-0.25, -0.2) is 4.98 Å². The molecule has 4 heterocycles. The average Bonchev–Trinajstić information content (AvgIpc) is 3.39. The Labute approximate surface area is 228 Å². The van der Waals surface area contributed by atoms with Gasteiger partial charge < -0.3 is 14.5 Å². The molecule has 6 rings (SSSR count). The summed E-state index contributed by atoms with van der Waals surface area (Å²) in [5.41, 5.74) is 7.94. The van der Waals surface area contributed by atoms with Crippen LogP contribution in [0.25, 0.3) is 33.5 Å². The predicted molar refractivity (Wildman–Crippen MR) is 154 cm³/mol. The number of ether oxygens (including phenoxy) is 2. The van der Waals surface area contributed by atoms with Gasteiger partial charge in [-0.3, -0.25) is 14.9 Å². The Morgan fingerprint density at radius 3 is 2.72 bits per heavy atom. The maximum Gasteiger partial charge on any atom is 0.122 e. The Bertz CT molecular complexity index is 1590. The number of aromatic amines is 1. The molecule has 0 aliphatic carbocycles. The maximum atomic E-state index is 6.21. The topological polar surface area (TPSA) is 76.2 Å². The van der Waals surface area contributed by atoms with Crippen LogP contribution in [0.15, 0.2) is 72.9 Å². The van der Waals surface area contributed by atoms with Gasteiger partial charge in [0, 0.05) is 48.9 Å². The number of nitrogens with zero attached hydrogens (tertiary/aromatic N) is 4. The Kier molecular flexibility index (Phi) is 7.34. The van der Waals surface area contributed by atoms with E-state index >= 15 is 0 Å². The lowest BCUT2D eigenvalue weighted by Gasteiger charge is -2.26. The van der Waals surface area contributed by atoms with Crippen molar-refractivity contribution in [3.63, 3.8) is 0 Å². The molecule has 0 amide bonds. The van der Waals surface area contributed by atoms with Crippen LogP contribution in [0, 0.1) is 13.8 Å². The summed E-state index contributed by atoms with van der Waals surface area (Å²) in [6.45, 7) is 9.21. The quantitative estimate of drug-likeness (QED) is 0.287. The second-order valence-corrected chi connectivity index (χ2v) is 10.1. The lowest BCUT2D eigenvalue weighted by Crippen LogP contribution is -2.38. The molecule has 7 nitrogen and oxygen atoms in total. The minimum absolute atomic E-state index is 0.661. The summed E-state index contributed by atoms with van der Waals surface area (Å²) in [5, 5.41) is 1.08. The third-order valence-electron chi connectivity index (χ3n) is 7.17. The third kappa shape index (κ3) is 5.85. The first-order valence-electron chi connectivity index (χ1n) is 13.5. The molecule has 3 aromatic heterocycles. The van der Waals surface area contributed by atoms with E-state index in [0.29, 0.717) is 13.0 Å². The van der Waals surface area contributed by atoms with Crippen LogP contribution in [0.3, 0.4) is 0 Å². The molecular formula is C32H33N5O2. The molecule has 5 aromatic rings. The van der Waals surface area contributed by atoms with Crippen LogP contribution in [-0.2, 0) is 11.2 Å². The van der Waals surface area contributed by atoms with Gasteiger partial charge >= 0.3 is 0 Å². The standard InChI is InChI=1S/C32H33N5O2/c1-22-8-9-24(19-29(22)39-18-15-37-13-16-38-17-14-37)20-30-35-31(32(36-30)28-7-3-5-23(2)34-28)26-10-11-27-25(21-26)6-4-12-33-27/h3-12,19,21H,13-18,20H2,1-2H3,(H,35,36). The number of rotatable bonds is 8. The number of aryl methyl sites for hydroxylation is 2. The fraction of sp³-hybridized carbons (Fsp3) is 0.281. The molecule has 198 valence electrons. The van der Waals surface area contributed by atoms with Crippen LogP contribution in [0.4, 0.5) is 0 Å². The molecule has 0 saturated carbocycles. The normalized spacial score (nSPS) is 14.1. The summed E-state index contributed by atoms with van der Waals surface area (Å²) in [6, 6.07) is 22.8. The van der Waals surface area contributed by atoms with Crippen molar-refractivity contribution in [2.45, 2.75) is 20.3 Å². The first kappa shape index (κ1) is 25.2. The smallest absolute Gasteiger partial charge is 0.122 e. The number of pyridine rings is 2. The minimum atomic E-state index is 0.661. The maximum absolute atomic E-state index is 6.21. The van der Waals surface area contributed by atoms with Gasteiger partial charge in [0.1, 0.15) is 18.2 Å². The minimum Gasteiger partial charge on any atom is -0.492 e. The molecule has 1 aliphatic rings. The monoisotopic (exact) mass is 519 g/mol. The van der Waals surface area contributed by atoms with Crippen LogP contribution in [-0.4, -0.2) is 64.3 Å². The number of fused-ring (bicyclic) bond motifs is 1. The van der Waals surface area contributed by atoms with Crippen LogP contribution >= 0.6 is 0 Å². The van der Waals surface area contributed by atoms with Crippen LogP contribution in [0.5, 0.6) is 5.75 Å². The highest BCUT2D eigenvalue weighted by molar-refractivity contribution is 5.86. The van der Waals surface area contributed by atoms with Crippen molar-refractivity contribution in [2.24, 2.45) is 0 Å². The molecule has 1 saturated heterocycles. The van der Waals surface area contributed by atoms with Crippen molar-refractivity contribution in [1.29, 1.82) is 0 Å². The Morgan fingerprint density at radius 2 is 1.85 bits per heavy atom. The van der Waals surface area contributed by atoms with E-state index in [0.717, 1.165) is 94.8 Å². The van der Waals surface area contributed by atoms with Gasteiger partial charge in [0.15, 0.2) is 0 Å². The van der Waals surface area contributed by atoms with E-state index in [9.17, 15) is 0 Å². The average molecular weight is 520 g/mol. The van der Waals surface area contributed by atoms with Crippen molar-refractivity contribution < 1.29 is 9.47 Å². The van der Waals surface area contributed by atoms with Gasteiger partial charge in [0.2, 0.25) is 0 Å². The summed E-state index contributed by atoms with van der Waals surface area (Å²) < 4.78 is 11.7. The highest BCUT2D eigenvalue weighted by Gasteiger charge is 2.17. The van der Waals surface area contributed by atoms with E-state index in [4.69, 9.17) is 19.4 Å². The second-order valence-electron chi connectivity index (χ2n) is 10.1. The van der Waals surface area contributed by atoms with Crippen molar-refractivity contribution in [3.05, 3.63) is 95.6 Å². The predicted octanol–water partition coefficient (Wildman–Crippen LogP) is 5.61.